The van der Waals surface area contributed by atoms with E-state index in [-0.39, 0.29) is 0 Å². The van der Waals surface area contributed by atoms with Crippen molar-refractivity contribution in [2.45, 2.75) is 35.8 Å². The number of carbonyl (C=O) groups excluding carboxylic acids is 1. The number of hydrogen-bond donors (Lipinski definition) is 1. The molecule has 1 aliphatic heterocycles. The van der Waals surface area contributed by atoms with Gasteiger partial charge in [0.1, 0.15) is 10.5 Å². The lowest BCUT2D eigenvalue weighted by Gasteiger charge is -2.38. The average molecular weight is 521 g/mol. The third-order valence-electron chi connectivity index (χ3n) is 7.09. The Hall–Kier alpha value is -3.00. The molecule has 0 aromatic heterocycles. The summed E-state index contributed by atoms with van der Waals surface area (Å²) in [4.78, 5) is 15.3. The Labute approximate surface area is 222 Å². The number of hydrogen-bond acceptors (Lipinski definition) is 5. The van der Waals surface area contributed by atoms with Crippen molar-refractivity contribution in [1.29, 1.82) is 0 Å². The molecule has 1 aliphatic rings. The Morgan fingerprint density at radius 3 is 2.32 bits per heavy atom. The third kappa shape index (κ3) is 6.66. The molecule has 0 saturated carbocycles. The van der Waals surface area contributed by atoms with Gasteiger partial charge in [-0.2, -0.15) is 0 Å². The molecule has 6 nitrogen and oxygen atoms in total. The van der Waals surface area contributed by atoms with Crippen molar-refractivity contribution >= 4 is 16.7 Å². The Morgan fingerprint density at radius 1 is 0.973 bits per heavy atom. The maximum Gasteiger partial charge on any atom is 0.236 e. The Morgan fingerprint density at radius 2 is 1.68 bits per heavy atom. The maximum atomic E-state index is 13.5. The van der Waals surface area contributed by atoms with Crippen LogP contribution in [-0.2, 0) is 26.8 Å². The van der Waals surface area contributed by atoms with Crippen molar-refractivity contribution in [1.82, 2.24) is 4.90 Å². The number of primary amides is 1. The lowest BCUT2D eigenvalue weighted by molar-refractivity contribution is -0.121. The van der Waals surface area contributed by atoms with Gasteiger partial charge in [-0.15, -0.1) is 0 Å². The van der Waals surface area contributed by atoms with Gasteiger partial charge in [-0.25, -0.2) is 0 Å². The summed E-state index contributed by atoms with van der Waals surface area (Å²) < 4.78 is 23.6. The third-order valence-corrected chi connectivity index (χ3v) is 9.11. The van der Waals surface area contributed by atoms with Crippen LogP contribution in [0.2, 0.25) is 0 Å². The summed E-state index contributed by atoms with van der Waals surface area (Å²) >= 11 is 0. The predicted molar refractivity (Wildman–Crippen MR) is 148 cm³/mol. The van der Waals surface area contributed by atoms with E-state index in [1.54, 1.807) is 19.2 Å². The number of piperidine rings is 1. The summed E-state index contributed by atoms with van der Waals surface area (Å²) in [5, 5.41) is 0. The highest BCUT2D eigenvalue weighted by atomic mass is 32.2. The van der Waals surface area contributed by atoms with Crippen LogP contribution in [-0.4, -0.2) is 59.7 Å². The van der Waals surface area contributed by atoms with Crippen molar-refractivity contribution in [2.75, 3.05) is 40.0 Å². The molecule has 0 aliphatic carbocycles. The molecule has 3 aromatic carbocycles. The fraction of sp³-hybridized carbons (Fsp3) is 0.367. The topological polar surface area (TPSA) is 81.9 Å². The minimum absolute atomic E-state index is 0.471. The van der Waals surface area contributed by atoms with Crippen LogP contribution < -0.4 is 10.5 Å². The van der Waals surface area contributed by atoms with Gasteiger partial charge in [-0.05, 0) is 60.7 Å². The zero-order chi connectivity index (χ0) is 26.3. The first kappa shape index (κ1) is 27.0. The van der Waals surface area contributed by atoms with Crippen LogP contribution >= 0.6 is 0 Å². The molecule has 2 N–H and O–H groups in total. The smallest absolute Gasteiger partial charge is 0.236 e. The molecule has 7 heteroatoms. The van der Waals surface area contributed by atoms with E-state index in [1.807, 2.05) is 12.1 Å². The first-order chi connectivity index (χ1) is 17.9. The van der Waals surface area contributed by atoms with E-state index in [9.17, 15) is 9.00 Å². The number of carbonyl (C=O) groups is 1. The summed E-state index contributed by atoms with van der Waals surface area (Å²) in [6.45, 7) is 5.38. The van der Waals surface area contributed by atoms with Crippen LogP contribution in [0.15, 0.2) is 77.7 Å². The summed E-state index contributed by atoms with van der Waals surface area (Å²) in [6.07, 6.45) is 1.72. The number of ether oxygens (including phenoxy) is 2. The molecule has 1 heterocycles. The van der Waals surface area contributed by atoms with Crippen LogP contribution in [0, 0.1) is 6.92 Å². The van der Waals surface area contributed by atoms with Crippen molar-refractivity contribution in [2.24, 2.45) is 5.73 Å². The van der Waals surface area contributed by atoms with E-state index in [4.69, 9.17) is 15.2 Å². The number of methoxy groups -OCH3 is 1. The molecule has 0 spiro atoms. The number of benzene rings is 3. The Balaban J connectivity index is 1.34. The zero-order valence-corrected chi connectivity index (χ0v) is 22.5. The van der Waals surface area contributed by atoms with Crippen LogP contribution in [0.1, 0.15) is 24.0 Å². The molecular weight excluding hydrogens is 484 g/mol. The summed E-state index contributed by atoms with van der Waals surface area (Å²) in [5.74, 6) is 0.211. The van der Waals surface area contributed by atoms with Gasteiger partial charge in [0.25, 0.3) is 0 Å². The van der Waals surface area contributed by atoms with Crippen LogP contribution in [0.4, 0.5) is 0 Å². The molecule has 4 rings (SSSR count). The highest BCUT2D eigenvalue weighted by molar-refractivity contribution is 7.87. The van der Waals surface area contributed by atoms with Gasteiger partial charge in [0.15, 0.2) is 0 Å². The quantitative estimate of drug-likeness (QED) is 0.406. The summed E-state index contributed by atoms with van der Waals surface area (Å²) in [6, 6.07) is 24.2. The van der Waals surface area contributed by atoms with Crippen LogP contribution in [0.5, 0.6) is 5.75 Å². The second-order valence-corrected chi connectivity index (χ2v) is 11.4. The van der Waals surface area contributed by atoms with Crippen molar-refractivity contribution in [3.63, 3.8) is 0 Å². The Bertz CT molecular complexity index is 1200. The lowest BCUT2D eigenvalue weighted by atomic mass is 9.95. The van der Waals surface area contributed by atoms with E-state index >= 15 is 0 Å². The van der Waals surface area contributed by atoms with Gasteiger partial charge in [0, 0.05) is 38.1 Å². The highest BCUT2D eigenvalue weighted by Crippen LogP contribution is 2.33. The van der Waals surface area contributed by atoms with Crippen molar-refractivity contribution in [3.05, 3.63) is 83.9 Å². The molecule has 3 aromatic rings. The largest absolute Gasteiger partial charge is 0.493 e. The molecule has 1 atom stereocenters. The van der Waals surface area contributed by atoms with Gasteiger partial charge in [0.05, 0.1) is 24.0 Å². The molecule has 1 saturated heterocycles. The first-order valence-electron chi connectivity index (χ1n) is 12.7. The second-order valence-electron chi connectivity index (χ2n) is 9.60. The summed E-state index contributed by atoms with van der Waals surface area (Å²) in [7, 11) is 0.137. The van der Waals surface area contributed by atoms with E-state index < -0.39 is 21.5 Å². The highest BCUT2D eigenvalue weighted by Gasteiger charge is 2.46. The molecule has 196 valence electrons. The van der Waals surface area contributed by atoms with E-state index in [0.717, 1.165) is 13.0 Å². The van der Waals surface area contributed by atoms with E-state index in [1.165, 1.54) is 22.3 Å². The lowest BCUT2D eigenvalue weighted by Crippen LogP contribution is -2.55. The van der Waals surface area contributed by atoms with Gasteiger partial charge in [-0.1, -0.05) is 54.1 Å². The van der Waals surface area contributed by atoms with Crippen LogP contribution in [0.3, 0.4) is 0 Å². The fourth-order valence-electron chi connectivity index (χ4n) is 4.71. The van der Waals surface area contributed by atoms with Gasteiger partial charge >= 0.3 is 0 Å². The minimum atomic E-state index is -1.53. The van der Waals surface area contributed by atoms with E-state index in [0.29, 0.717) is 49.8 Å². The van der Waals surface area contributed by atoms with Gasteiger partial charge in [-0.3, -0.25) is 9.00 Å². The number of amides is 1. The van der Waals surface area contributed by atoms with Crippen molar-refractivity contribution in [3.8, 4) is 16.9 Å². The molecule has 37 heavy (non-hydrogen) atoms. The monoisotopic (exact) mass is 520 g/mol. The number of nitrogens with two attached hydrogens (primary N) is 1. The van der Waals surface area contributed by atoms with Gasteiger partial charge in [0.2, 0.25) is 5.91 Å². The number of nitrogens with zero attached hydrogens (tertiary/aromatic N) is 1. The average Bonchev–Trinajstić information content (AvgIpc) is 2.92. The zero-order valence-electron chi connectivity index (χ0n) is 21.7. The van der Waals surface area contributed by atoms with Gasteiger partial charge < -0.3 is 20.1 Å². The molecule has 1 fully saturated rings. The van der Waals surface area contributed by atoms with Crippen molar-refractivity contribution < 1.29 is 18.5 Å². The standard InChI is InChI=1S/C30H36N2O4S/c1-23-6-8-25(9-7-23)26-5-3-4-24(22-26)14-20-36-27-10-12-28(13-11-27)37(34)30(29(31)33)15-17-32(18-16-30)19-21-35-2/h3-13,22H,14-21H2,1-2H3,(H2,31,33). The molecule has 0 bridgehead atoms. The second kappa shape index (κ2) is 12.5. The first-order valence-corrected chi connectivity index (χ1v) is 13.9. The molecule has 1 unspecified atom stereocenters. The summed E-state index contributed by atoms with van der Waals surface area (Å²) in [5.41, 5.74) is 10.6. The van der Waals surface area contributed by atoms with E-state index in [2.05, 4.69) is 60.4 Å². The Kier molecular flexibility index (Phi) is 9.14. The molecular formula is C30H36N2O4S. The molecule has 1 amide bonds. The normalized spacial score (nSPS) is 16.3. The maximum absolute atomic E-state index is 13.5. The number of aryl methyl sites for hydroxylation is 1. The molecule has 0 radical (unpaired) electrons. The number of rotatable bonds is 11. The fourth-order valence-corrected chi connectivity index (χ4v) is 6.28. The SMILES string of the molecule is COCCN1CCC(C(N)=O)(S(=O)c2ccc(OCCc3cccc(-c4ccc(C)cc4)c3)cc2)CC1. The number of likely N-dealkylation sites (tertiary alicyclic amines) is 1. The minimum Gasteiger partial charge on any atom is -0.493 e. The predicted octanol–water partition coefficient (Wildman–Crippen LogP) is 4.36. The van der Waals surface area contributed by atoms with Crippen LogP contribution in [0.25, 0.3) is 11.1 Å².